The van der Waals surface area contributed by atoms with E-state index >= 15 is 0 Å². The minimum atomic E-state index is -0.280. The van der Waals surface area contributed by atoms with Gasteiger partial charge in [-0.1, -0.05) is 72.8 Å². The summed E-state index contributed by atoms with van der Waals surface area (Å²) in [5, 5.41) is 0. The maximum atomic E-state index is 12.5. The number of ether oxygens (including phenoxy) is 1. The van der Waals surface area contributed by atoms with Crippen LogP contribution in [0.1, 0.15) is 120 Å². The lowest BCUT2D eigenvalue weighted by Gasteiger charge is -2.63. The quantitative estimate of drug-likeness (QED) is 0.267. The molecule has 2 nitrogen and oxygen atoms in total. The van der Waals surface area contributed by atoms with E-state index in [1.807, 2.05) is 0 Å². The highest BCUT2D eigenvalue weighted by Gasteiger charge is 2.68. The minimum Gasteiger partial charge on any atom is -0.458 e. The third-order valence-corrected chi connectivity index (χ3v) is 12.7. The number of hydrogen-bond acceptors (Lipinski definition) is 2. The first kappa shape index (κ1) is 27.0. The smallest absolute Gasteiger partial charge is 0.306 e. The molecule has 0 unspecified atom stereocenters. The first-order valence-corrected chi connectivity index (χ1v) is 14.8. The van der Waals surface area contributed by atoms with Crippen molar-refractivity contribution in [3.8, 4) is 0 Å². The van der Waals surface area contributed by atoms with Crippen molar-refractivity contribution in [2.45, 2.75) is 125 Å². The molecule has 35 heavy (non-hydrogen) atoms. The van der Waals surface area contributed by atoms with Crippen molar-refractivity contribution in [2.24, 2.45) is 51.8 Å². The second-order valence-electron chi connectivity index (χ2n) is 14.5. The summed E-state index contributed by atoms with van der Waals surface area (Å²) in [6.07, 6.45) is 11.5. The maximum Gasteiger partial charge on any atom is 0.306 e. The van der Waals surface area contributed by atoms with E-state index in [2.05, 4.69) is 68.5 Å². The summed E-state index contributed by atoms with van der Waals surface area (Å²) in [7, 11) is 0. The Hall–Kier alpha value is -1.05. The van der Waals surface area contributed by atoms with Crippen LogP contribution in [0.15, 0.2) is 24.3 Å². The first-order chi connectivity index (χ1) is 16.2. The molecule has 0 N–H and O–H groups in total. The molecule has 0 aromatic heterocycles. The Kier molecular flexibility index (Phi) is 6.98. The van der Waals surface area contributed by atoms with Gasteiger partial charge in [-0.25, -0.2) is 0 Å². The fraction of sp³-hybridized carbons (Fsp3) is 0.848. The second kappa shape index (κ2) is 9.05. The molecule has 4 rings (SSSR count). The fourth-order valence-corrected chi connectivity index (χ4v) is 10.1. The third kappa shape index (κ3) is 3.99. The summed E-state index contributed by atoms with van der Waals surface area (Å²) in [6.45, 7) is 28.3. The Morgan fingerprint density at radius 2 is 1.69 bits per heavy atom. The summed E-state index contributed by atoms with van der Waals surface area (Å²) >= 11 is 0. The zero-order chi connectivity index (χ0) is 26.0. The summed E-state index contributed by atoms with van der Waals surface area (Å²) in [4.78, 5) is 12.5. The van der Waals surface area contributed by atoms with Gasteiger partial charge in [0.25, 0.3) is 0 Å². The van der Waals surface area contributed by atoms with E-state index in [-0.39, 0.29) is 17.0 Å². The van der Waals surface area contributed by atoms with Crippen molar-refractivity contribution in [1.82, 2.24) is 0 Å². The van der Waals surface area contributed by atoms with E-state index in [0.717, 1.165) is 25.2 Å². The van der Waals surface area contributed by atoms with E-state index in [1.165, 1.54) is 49.7 Å². The molecule has 2 heteroatoms. The molecule has 0 aromatic rings. The molecule has 0 amide bonds. The van der Waals surface area contributed by atoms with Crippen LogP contribution in [-0.4, -0.2) is 11.6 Å². The lowest BCUT2D eigenvalue weighted by molar-refractivity contribution is -0.196. The van der Waals surface area contributed by atoms with Crippen LogP contribution in [0.3, 0.4) is 0 Å². The zero-order valence-electron chi connectivity index (χ0n) is 24.3. The van der Waals surface area contributed by atoms with Crippen molar-refractivity contribution >= 4 is 5.97 Å². The Labute approximate surface area is 216 Å². The molecule has 0 bridgehead atoms. The minimum absolute atomic E-state index is 0.0255. The molecular weight excluding hydrogens is 428 g/mol. The van der Waals surface area contributed by atoms with E-state index in [1.54, 1.807) is 0 Å². The second-order valence-corrected chi connectivity index (χ2v) is 14.5. The van der Waals surface area contributed by atoms with E-state index < -0.39 is 0 Å². The van der Waals surface area contributed by atoms with Gasteiger partial charge in [-0.15, -0.1) is 0 Å². The topological polar surface area (TPSA) is 26.3 Å². The average molecular weight is 483 g/mol. The molecule has 1 saturated heterocycles. The van der Waals surface area contributed by atoms with Crippen LogP contribution in [-0.2, 0) is 9.53 Å². The Bertz CT molecular complexity index is 868. The maximum absolute atomic E-state index is 12.5. The number of fused-ring (bicyclic) bond motifs is 4. The van der Waals surface area contributed by atoms with Gasteiger partial charge in [-0.2, -0.15) is 0 Å². The van der Waals surface area contributed by atoms with E-state index in [0.29, 0.717) is 46.8 Å². The van der Waals surface area contributed by atoms with Crippen molar-refractivity contribution in [2.75, 3.05) is 0 Å². The molecule has 4 fully saturated rings. The molecular formula is C33H54O2. The van der Waals surface area contributed by atoms with E-state index in [4.69, 9.17) is 4.74 Å². The van der Waals surface area contributed by atoms with Crippen molar-refractivity contribution in [3.05, 3.63) is 24.3 Å². The van der Waals surface area contributed by atoms with Crippen LogP contribution in [0, 0.1) is 51.8 Å². The largest absolute Gasteiger partial charge is 0.458 e. The van der Waals surface area contributed by atoms with Gasteiger partial charge in [0.1, 0.15) is 5.60 Å². The van der Waals surface area contributed by atoms with Crippen LogP contribution in [0.5, 0.6) is 0 Å². The van der Waals surface area contributed by atoms with Crippen LogP contribution >= 0.6 is 0 Å². The number of carbonyl (C=O) groups is 1. The lowest BCUT2D eigenvalue weighted by Crippen LogP contribution is -2.60. The monoisotopic (exact) mass is 482 g/mol. The van der Waals surface area contributed by atoms with Crippen LogP contribution in [0.4, 0.5) is 0 Å². The van der Waals surface area contributed by atoms with Crippen molar-refractivity contribution in [1.29, 1.82) is 0 Å². The van der Waals surface area contributed by atoms with Gasteiger partial charge in [0.05, 0.1) is 0 Å². The molecule has 1 heterocycles. The standard InChI is InChI=1S/C33H54O2/c1-11-30(7,8)24(6)22(4)20-23(5)26-14-17-32(10)27-13-12-25(21(2)3)33(19-16-29(34)35-33)28(27)15-18-31(26,32)9/h22-23,25-28H,2,6,11-20H2,1,3-5,7-10H3/t22-,23+,25-,26+,27+,28-,31+,32-,33+/m0/s1. The molecule has 1 aliphatic heterocycles. The highest BCUT2D eigenvalue weighted by atomic mass is 16.6. The lowest BCUT2D eigenvalue weighted by atomic mass is 9.43. The van der Waals surface area contributed by atoms with Gasteiger partial charge >= 0.3 is 5.97 Å². The summed E-state index contributed by atoms with van der Waals surface area (Å²) in [5.74, 6) is 3.58. The highest BCUT2D eigenvalue weighted by molar-refractivity contribution is 5.72. The number of rotatable bonds is 7. The SMILES string of the molecule is C=C(C)[C@@H]1CC[C@@H]2[C@H](CC[C@]3(C)[C@@H]([C@H](C)C[C@H](C)C(=C)C(C)(C)CC)CC[C@@]23C)[C@@]12CCC(=O)O2. The highest BCUT2D eigenvalue weighted by Crippen LogP contribution is 2.72. The molecule has 198 valence electrons. The Morgan fingerprint density at radius 1 is 1.03 bits per heavy atom. The van der Waals surface area contributed by atoms with Crippen molar-refractivity contribution in [3.63, 3.8) is 0 Å². The number of hydrogen-bond donors (Lipinski definition) is 0. The number of esters is 1. The molecule has 9 atom stereocenters. The van der Waals surface area contributed by atoms with Gasteiger partial charge in [-0.05, 0) is 105 Å². The molecule has 3 aliphatic carbocycles. The molecule has 1 spiro atoms. The fourth-order valence-electron chi connectivity index (χ4n) is 10.1. The predicted octanol–water partition coefficient (Wildman–Crippen LogP) is 9.15. The van der Waals surface area contributed by atoms with Gasteiger partial charge in [0.15, 0.2) is 0 Å². The third-order valence-electron chi connectivity index (χ3n) is 12.7. The zero-order valence-corrected chi connectivity index (χ0v) is 24.3. The average Bonchev–Trinajstić information content (AvgIpc) is 3.30. The number of carbonyl (C=O) groups excluding carboxylic acids is 1. The predicted molar refractivity (Wildman–Crippen MR) is 147 cm³/mol. The van der Waals surface area contributed by atoms with Crippen LogP contribution < -0.4 is 0 Å². The summed E-state index contributed by atoms with van der Waals surface area (Å²) < 4.78 is 6.35. The molecule has 4 aliphatic rings. The van der Waals surface area contributed by atoms with Gasteiger partial charge in [0.2, 0.25) is 0 Å². The van der Waals surface area contributed by atoms with Crippen molar-refractivity contribution < 1.29 is 9.53 Å². The Balaban J connectivity index is 1.57. The molecule has 0 radical (unpaired) electrons. The first-order valence-electron chi connectivity index (χ1n) is 14.8. The van der Waals surface area contributed by atoms with Crippen LogP contribution in [0.2, 0.25) is 0 Å². The number of allylic oxidation sites excluding steroid dienone is 1. The van der Waals surface area contributed by atoms with Gasteiger partial charge in [-0.3, -0.25) is 4.79 Å². The summed E-state index contributed by atoms with van der Waals surface area (Å²) in [5.41, 5.74) is 3.30. The van der Waals surface area contributed by atoms with Crippen LogP contribution in [0.25, 0.3) is 0 Å². The summed E-state index contributed by atoms with van der Waals surface area (Å²) in [6, 6.07) is 0. The van der Waals surface area contributed by atoms with Gasteiger partial charge in [0, 0.05) is 18.3 Å². The van der Waals surface area contributed by atoms with Gasteiger partial charge < -0.3 is 4.74 Å². The Morgan fingerprint density at radius 3 is 2.26 bits per heavy atom. The molecule has 3 saturated carbocycles. The van der Waals surface area contributed by atoms with E-state index in [9.17, 15) is 4.79 Å². The normalized spacial score (nSPS) is 42.8. The molecule has 0 aromatic carbocycles.